The largest absolute Gasteiger partial charge is 0.383 e. The Bertz CT molecular complexity index is 1270. The fourth-order valence-corrected chi connectivity index (χ4v) is 6.66. The van der Waals surface area contributed by atoms with Gasteiger partial charge in [0.1, 0.15) is 4.21 Å². The molecule has 0 unspecified atom stereocenters. The van der Waals surface area contributed by atoms with E-state index in [1.807, 2.05) is 0 Å². The summed E-state index contributed by atoms with van der Waals surface area (Å²) in [6.07, 6.45) is 0. The van der Waals surface area contributed by atoms with E-state index in [0.717, 1.165) is 22.7 Å². The molecule has 0 spiro atoms. The van der Waals surface area contributed by atoms with Crippen LogP contribution in [-0.4, -0.2) is 35.1 Å². The number of rotatable bonds is 6. The van der Waals surface area contributed by atoms with E-state index in [-0.39, 0.29) is 13.9 Å². The van der Waals surface area contributed by atoms with Crippen molar-refractivity contribution in [3.05, 3.63) is 39.5 Å². The predicted octanol–water partition coefficient (Wildman–Crippen LogP) is 2.00. The number of ether oxygens (including phenoxy) is 1. The van der Waals surface area contributed by atoms with E-state index >= 15 is 0 Å². The molecule has 2 aromatic heterocycles. The highest BCUT2D eigenvalue weighted by molar-refractivity contribution is 7.92. The van der Waals surface area contributed by atoms with Gasteiger partial charge in [0.15, 0.2) is 0 Å². The number of primary sulfonamides is 1. The van der Waals surface area contributed by atoms with Crippen LogP contribution < -0.4 is 9.94 Å². The number of methoxy groups -OCH3 is 1. The third-order valence-corrected chi connectivity index (χ3v) is 8.54. The molecule has 13 heteroatoms. The minimum Gasteiger partial charge on any atom is -0.383 e. The van der Waals surface area contributed by atoms with Crippen LogP contribution in [0.15, 0.2) is 43.8 Å². The van der Waals surface area contributed by atoms with E-state index in [0.29, 0.717) is 27.7 Å². The number of halogens is 1. The zero-order valence-electron chi connectivity index (χ0n) is 13.8. The molecule has 0 bridgehead atoms. The van der Waals surface area contributed by atoms with Crippen molar-refractivity contribution in [1.82, 2.24) is 4.57 Å². The second-order valence-corrected chi connectivity index (χ2v) is 11.4. The lowest BCUT2D eigenvalue weighted by Gasteiger charge is -2.05. The summed E-state index contributed by atoms with van der Waals surface area (Å²) in [6.45, 7) is 0.658. The summed E-state index contributed by atoms with van der Waals surface area (Å²) in [5.74, 6) is 0. The molecule has 0 saturated heterocycles. The summed E-state index contributed by atoms with van der Waals surface area (Å²) in [6, 6.07) is 7.20. The van der Waals surface area contributed by atoms with Crippen molar-refractivity contribution in [3.63, 3.8) is 0 Å². The van der Waals surface area contributed by atoms with Crippen molar-refractivity contribution in [3.8, 4) is 0 Å². The van der Waals surface area contributed by atoms with E-state index in [2.05, 4.69) is 4.40 Å². The molecular weight excluding hydrogens is 454 g/mol. The van der Waals surface area contributed by atoms with Gasteiger partial charge in [0.05, 0.1) is 26.1 Å². The molecule has 0 aliphatic carbocycles. The number of thiophene rings is 1. The summed E-state index contributed by atoms with van der Waals surface area (Å²) in [5.41, 5.74) is 0.627. The zero-order chi connectivity index (χ0) is 19.8. The van der Waals surface area contributed by atoms with Crippen LogP contribution in [-0.2, 0) is 31.3 Å². The van der Waals surface area contributed by atoms with Gasteiger partial charge in [0, 0.05) is 13.7 Å². The zero-order valence-corrected chi connectivity index (χ0v) is 17.8. The SMILES string of the molecule is COCCn1/c(=N/S(=O)(=O)c2ccc(Cl)s2)sc2cc(S(N)(=O)=O)ccc21. The average Bonchev–Trinajstić information content (AvgIpc) is 3.15. The van der Waals surface area contributed by atoms with Gasteiger partial charge in [0.25, 0.3) is 10.0 Å². The quantitative estimate of drug-likeness (QED) is 0.594. The number of benzene rings is 1. The molecule has 1 aromatic carbocycles. The van der Waals surface area contributed by atoms with Crippen molar-refractivity contribution in [2.75, 3.05) is 13.7 Å². The Morgan fingerprint density at radius 1 is 1.19 bits per heavy atom. The number of nitrogens with zero attached hydrogens (tertiary/aromatic N) is 2. The number of thiazole rings is 1. The Balaban J connectivity index is 2.24. The first-order valence-corrected chi connectivity index (χ1v) is 12.3. The smallest absolute Gasteiger partial charge is 0.294 e. The fraction of sp³-hybridized carbons (Fsp3) is 0.214. The van der Waals surface area contributed by atoms with E-state index in [9.17, 15) is 16.8 Å². The van der Waals surface area contributed by atoms with Crippen LogP contribution in [0, 0.1) is 0 Å². The summed E-state index contributed by atoms with van der Waals surface area (Å²) in [7, 11) is -6.32. The molecule has 146 valence electrons. The Morgan fingerprint density at radius 3 is 2.52 bits per heavy atom. The molecule has 0 atom stereocenters. The van der Waals surface area contributed by atoms with Gasteiger partial charge >= 0.3 is 0 Å². The minimum atomic E-state index is -3.96. The highest BCUT2D eigenvalue weighted by Crippen LogP contribution is 2.27. The molecule has 0 fully saturated rings. The van der Waals surface area contributed by atoms with Crippen LogP contribution >= 0.6 is 34.3 Å². The van der Waals surface area contributed by atoms with Gasteiger partial charge < -0.3 is 9.30 Å². The van der Waals surface area contributed by atoms with Gasteiger partial charge in [-0.2, -0.15) is 8.42 Å². The van der Waals surface area contributed by atoms with Crippen molar-refractivity contribution in [2.45, 2.75) is 15.6 Å². The van der Waals surface area contributed by atoms with Crippen LogP contribution in [0.2, 0.25) is 4.34 Å². The topological polar surface area (TPSA) is 121 Å². The molecule has 2 heterocycles. The molecule has 0 radical (unpaired) electrons. The maximum Gasteiger partial charge on any atom is 0.294 e. The van der Waals surface area contributed by atoms with Gasteiger partial charge in [0.2, 0.25) is 14.8 Å². The van der Waals surface area contributed by atoms with Crippen molar-refractivity contribution >= 4 is 64.5 Å². The second kappa shape index (κ2) is 7.62. The number of hydrogen-bond donors (Lipinski definition) is 1. The average molecular weight is 468 g/mol. The maximum atomic E-state index is 12.6. The molecule has 8 nitrogen and oxygen atoms in total. The molecule has 3 aromatic rings. The van der Waals surface area contributed by atoms with E-state index in [4.69, 9.17) is 21.5 Å². The van der Waals surface area contributed by atoms with Crippen LogP contribution in [0.25, 0.3) is 10.2 Å². The molecule has 0 aliphatic rings. The summed E-state index contributed by atoms with van der Waals surface area (Å²) in [4.78, 5) is 0.132. The number of hydrogen-bond acceptors (Lipinski definition) is 7. The standard InChI is InChI=1S/C14H14ClN3O5S4/c1-23-7-6-18-10-3-2-9(26(16,19)20)8-11(10)24-14(18)17-27(21,22)13-5-4-12(15)25-13/h2-5,8H,6-7H2,1H3,(H2,16,19,20)/b17-14-. The Labute approximate surface area is 168 Å². The van der Waals surface area contributed by atoms with Gasteiger partial charge in [-0.15, -0.1) is 15.7 Å². The number of aromatic nitrogens is 1. The first-order chi connectivity index (χ1) is 12.6. The highest BCUT2D eigenvalue weighted by atomic mass is 35.5. The summed E-state index contributed by atoms with van der Waals surface area (Å²) < 4.78 is 59.9. The molecule has 0 amide bonds. The van der Waals surface area contributed by atoms with Crippen LogP contribution in [0.3, 0.4) is 0 Å². The third-order valence-electron chi connectivity index (χ3n) is 3.50. The fourth-order valence-electron chi connectivity index (χ4n) is 2.28. The van der Waals surface area contributed by atoms with Gasteiger partial charge in [-0.25, -0.2) is 13.6 Å². The van der Waals surface area contributed by atoms with Crippen molar-refractivity contribution < 1.29 is 21.6 Å². The monoisotopic (exact) mass is 467 g/mol. The van der Waals surface area contributed by atoms with Crippen LogP contribution in [0.4, 0.5) is 0 Å². The minimum absolute atomic E-state index is 0.0217. The number of nitrogens with two attached hydrogens (primary N) is 1. The summed E-state index contributed by atoms with van der Waals surface area (Å²) >= 11 is 7.77. The lowest BCUT2D eigenvalue weighted by Crippen LogP contribution is -2.19. The molecule has 27 heavy (non-hydrogen) atoms. The number of fused-ring (bicyclic) bond motifs is 1. The highest BCUT2D eigenvalue weighted by Gasteiger charge is 2.18. The number of sulfonamides is 2. The normalized spacial score (nSPS) is 13.5. The van der Waals surface area contributed by atoms with E-state index in [1.54, 1.807) is 10.6 Å². The van der Waals surface area contributed by atoms with Crippen LogP contribution in [0.1, 0.15) is 0 Å². The van der Waals surface area contributed by atoms with Crippen molar-refractivity contribution in [1.29, 1.82) is 0 Å². The second-order valence-electron chi connectivity index (χ2n) is 5.33. The Hall–Kier alpha value is -1.28. The first kappa shape index (κ1) is 20.5. The Kier molecular flexibility index (Phi) is 5.77. The van der Waals surface area contributed by atoms with Gasteiger partial charge in [-0.3, -0.25) is 0 Å². The Morgan fingerprint density at radius 2 is 1.93 bits per heavy atom. The third kappa shape index (κ3) is 4.42. The van der Waals surface area contributed by atoms with E-state index < -0.39 is 20.0 Å². The van der Waals surface area contributed by atoms with Crippen LogP contribution in [0.5, 0.6) is 0 Å². The predicted molar refractivity (Wildman–Crippen MR) is 105 cm³/mol. The first-order valence-electron chi connectivity index (χ1n) is 7.33. The molecular formula is C14H14ClN3O5S4. The maximum absolute atomic E-state index is 12.6. The summed E-state index contributed by atoms with van der Waals surface area (Å²) in [5, 5.41) is 5.17. The van der Waals surface area contributed by atoms with Crippen molar-refractivity contribution in [2.24, 2.45) is 9.54 Å². The van der Waals surface area contributed by atoms with Gasteiger partial charge in [-0.1, -0.05) is 22.9 Å². The molecule has 3 rings (SSSR count). The molecule has 2 N–H and O–H groups in total. The van der Waals surface area contributed by atoms with Gasteiger partial charge in [-0.05, 0) is 30.3 Å². The lowest BCUT2D eigenvalue weighted by atomic mass is 10.3. The lowest BCUT2D eigenvalue weighted by molar-refractivity contribution is 0.187. The van der Waals surface area contributed by atoms with E-state index in [1.165, 1.54) is 31.4 Å². The molecule has 0 aliphatic heterocycles. The molecule has 0 saturated carbocycles.